The Morgan fingerprint density at radius 3 is 2.43 bits per heavy atom. The van der Waals surface area contributed by atoms with Crippen molar-refractivity contribution in [1.82, 2.24) is 5.32 Å². The van der Waals surface area contributed by atoms with Crippen molar-refractivity contribution in [2.24, 2.45) is 0 Å². The van der Waals surface area contributed by atoms with Gasteiger partial charge in [0.25, 0.3) is 0 Å². The van der Waals surface area contributed by atoms with Gasteiger partial charge in [-0.25, -0.2) is 0 Å². The van der Waals surface area contributed by atoms with Crippen LogP contribution in [0.1, 0.15) is 24.1 Å². The van der Waals surface area contributed by atoms with Gasteiger partial charge in [0.15, 0.2) is 0 Å². The molecule has 112 valence electrons. The lowest BCUT2D eigenvalue weighted by molar-refractivity contribution is 0.104. The highest BCUT2D eigenvalue weighted by molar-refractivity contribution is 5.31. The third-order valence-electron chi connectivity index (χ3n) is 3.48. The van der Waals surface area contributed by atoms with Gasteiger partial charge in [-0.2, -0.15) is 0 Å². The van der Waals surface area contributed by atoms with E-state index in [1.807, 2.05) is 49.4 Å². The highest BCUT2D eigenvalue weighted by Gasteiger charge is 2.09. The molecule has 2 atom stereocenters. The van der Waals surface area contributed by atoms with Crippen molar-refractivity contribution < 1.29 is 9.84 Å². The monoisotopic (exact) mass is 285 g/mol. The number of ether oxygens (including phenoxy) is 1. The first kappa shape index (κ1) is 15.5. The van der Waals surface area contributed by atoms with Gasteiger partial charge in [0.2, 0.25) is 0 Å². The fourth-order valence-electron chi connectivity index (χ4n) is 2.14. The Morgan fingerprint density at radius 1 is 1.05 bits per heavy atom. The van der Waals surface area contributed by atoms with Crippen molar-refractivity contribution in [3.8, 4) is 5.75 Å². The SMILES string of the molecule is Cc1ccccc1OC[C@@H](O)CN[C@@H](C)c1ccccc1. The van der Waals surface area contributed by atoms with Crippen LogP contribution in [0.5, 0.6) is 5.75 Å². The summed E-state index contributed by atoms with van der Waals surface area (Å²) in [5, 5.41) is 13.3. The Bertz CT molecular complexity index is 542. The maximum atomic E-state index is 10.0. The van der Waals surface area contributed by atoms with Crippen molar-refractivity contribution >= 4 is 0 Å². The quantitative estimate of drug-likeness (QED) is 0.821. The summed E-state index contributed by atoms with van der Waals surface area (Å²) in [4.78, 5) is 0. The third-order valence-corrected chi connectivity index (χ3v) is 3.48. The summed E-state index contributed by atoms with van der Waals surface area (Å²) in [5.41, 5.74) is 2.29. The van der Waals surface area contributed by atoms with Gasteiger partial charge in [0, 0.05) is 12.6 Å². The Morgan fingerprint density at radius 2 is 1.71 bits per heavy atom. The molecule has 21 heavy (non-hydrogen) atoms. The molecule has 0 bridgehead atoms. The van der Waals surface area contributed by atoms with Gasteiger partial charge in [0.1, 0.15) is 18.5 Å². The molecule has 0 aliphatic rings. The average Bonchev–Trinajstić information content (AvgIpc) is 2.52. The van der Waals surface area contributed by atoms with Crippen LogP contribution in [0.3, 0.4) is 0 Å². The second-order valence-electron chi connectivity index (χ2n) is 5.27. The number of rotatable bonds is 7. The fourth-order valence-corrected chi connectivity index (χ4v) is 2.14. The largest absolute Gasteiger partial charge is 0.491 e. The van der Waals surface area contributed by atoms with Gasteiger partial charge < -0.3 is 15.2 Å². The van der Waals surface area contributed by atoms with Crippen LogP contribution < -0.4 is 10.1 Å². The van der Waals surface area contributed by atoms with Crippen molar-refractivity contribution in [3.63, 3.8) is 0 Å². The molecule has 2 aromatic rings. The lowest BCUT2D eigenvalue weighted by Crippen LogP contribution is -2.33. The number of aliphatic hydroxyl groups is 1. The second-order valence-corrected chi connectivity index (χ2v) is 5.27. The van der Waals surface area contributed by atoms with Gasteiger partial charge in [-0.05, 0) is 31.0 Å². The van der Waals surface area contributed by atoms with Gasteiger partial charge in [-0.15, -0.1) is 0 Å². The summed E-state index contributed by atoms with van der Waals surface area (Å²) < 4.78 is 5.65. The number of benzene rings is 2. The topological polar surface area (TPSA) is 41.5 Å². The van der Waals surface area contributed by atoms with Gasteiger partial charge in [-0.3, -0.25) is 0 Å². The van der Waals surface area contributed by atoms with E-state index in [4.69, 9.17) is 4.74 Å². The minimum atomic E-state index is -0.532. The van der Waals surface area contributed by atoms with Crippen molar-refractivity contribution in [1.29, 1.82) is 0 Å². The standard InChI is InChI=1S/C18H23NO2/c1-14-8-6-7-11-18(14)21-13-17(20)12-19-15(2)16-9-4-3-5-10-16/h3-11,15,17,19-20H,12-13H2,1-2H3/t15-,17-/m0/s1. The number of para-hydroxylation sites is 1. The van der Waals surface area contributed by atoms with E-state index in [0.29, 0.717) is 13.2 Å². The molecule has 0 fully saturated rings. The molecule has 0 spiro atoms. The van der Waals surface area contributed by atoms with Crippen LogP contribution in [0.25, 0.3) is 0 Å². The summed E-state index contributed by atoms with van der Waals surface area (Å²) in [5.74, 6) is 0.827. The number of aliphatic hydroxyl groups excluding tert-OH is 1. The third kappa shape index (κ3) is 4.88. The Hall–Kier alpha value is -1.84. The van der Waals surface area contributed by atoms with E-state index in [1.54, 1.807) is 0 Å². The Labute approximate surface area is 126 Å². The molecule has 0 aromatic heterocycles. The van der Waals surface area contributed by atoms with Crippen LogP contribution in [0.15, 0.2) is 54.6 Å². The van der Waals surface area contributed by atoms with E-state index in [9.17, 15) is 5.11 Å². The van der Waals surface area contributed by atoms with Crippen LogP contribution in [-0.4, -0.2) is 24.4 Å². The predicted molar refractivity (Wildman–Crippen MR) is 85.5 cm³/mol. The Balaban J connectivity index is 1.75. The number of hydrogen-bond donors (Lipinski definition) is 2. The van der Waals surface area contributed by atoms with E-state index < -0.39 is 6.10 Å². The number of aryl methyl sites for hydroxylation is 1. The zero-order chi connectivity index (χ0) is 15.1. The fraction of sp³-hybridized carbons (Fsp3) is 0.333. The smallest absolute Gasteiger partial charge is 0.122 e. The molecule has 0 aliphatic heterocycles. The molecule has 0 saturated carbocycles. The van der Waals surface area contributed by atoms with Gasteiger partial charge in [0.05, 0.1) is 0 Å². The maximum absolute atomic E-state index is 10.0. The molecule has 3 nitrogen and oxygen atoms in total. The van der Waals surface area contributed by atoms with E-state index in [1.165, 1.54) is 5.56 Å². The van der Waals surface area contributed by atoms with E-state index in [2.05, 4.69) is 24.4 Å². The molecule has 2 N–H and O–H groups in total. The molecular weight excluding hydrogens is 262 g/mol. The Kier molecular flexibility index (Phi) is 5.78. The highest BCUT2D eigenvalue weighted by atomic mass is 16.5. The summed E-state index contributed by atoms with van der Waals surface area (Å²) >= 11 is 0. The van der Waals surface area contributed by atoms with E-state index in [-0.39, 0.29) is 6.04 Å². The van der Waals surface area contributed by atoms with Crippen molar-refractivity contribution in [3.05, 3.63) is 65.7 Å². The van der Waals surface area contributed by atoms with Crippen LogP contribution in [0.2, 0.25) is 0 Å². The zero-order valence-electron chi connectivity index (χ0n) is 12.6. The van der Waals surface area contributed by atoms with Crippen LogP contribution in [-0.2, 0) is 0 Å². The molecule has 0 radical (unpaired) electrons. The van der Waals surface area contributed by atoms with Gasteiger partial charge in [-0.1, -0.05) is 48.5 Å². The highest BCUT2D eigenvalue weighted by Crippen LogP contribution is 2.16. The lowest BCUT2D eigenvalue weighted by Gasteiger charge is -2.18. The molecule has 0 heterocycles. The normalized spacial score (nSPS) is 13.7. The number of nitrogens with one attached hydrogen (secondary N) is 1. The van der Waals surface area contributed by atoms with Crippen molar-refractivity contribution in [2.75, 3.05) is 13.2 Å². The van der Waals surface area contributed by atoms with Crippen LogP contribution >= 0.6 is 0 Å². The number of hydrogen-bond acceptors (Lipinski definition) is 3. The molecule has 2 aromatic carbocycles. The molecule has 3 heteroatoms. The first-order chi connectivity index (χ1) is 10.2. The van der Waals surface area contributed by atoms with E-state index >= 15 is 0 Å². The maximum Gasteiger partial charge on any atom is 0.122 e. The molecular formula is C18H23NO2. The van der Waals surface area contributed by atoms with E-state index in [0.717, 1.165) is 11.3 Å². The molecule has 0 unspecified atom stereocenters. The summed E-state index contributed by atoms with van der Waals surface area (Å²) in [6.45, 7) is 4.88. The minimum absolute atomic E-state index is 0.208. The van der Waals surface area contributed by atoms with Crippen LogP contribution in [0.4, 0.5) is 0 Å². The average molecular weight is 285 g/mol. The first-order valence-electron chi connectivity index (χ1n) is 7.31. The molecule has 2 rings (SSSR count). The predicted octanol–water partition coefficient (Wildman–Crippen LogP) is 3.09. The molecule has 0 amide bonds. The minimum Gasteiger partial charge on any atom is -0.491 e. The summed E-state index contributed by atoms with van der Waals surface area (Å²) in [6.07, 6.45) is -0.532. The molecule has 0 aliphatic carbocycles. The first-order valence-corrected chi connectivity index (χ1v) is 7.31. The van der Waals surface area contributed by atoms with Crippen LogP contribution in [0, 0.1) is 6.92 Å². The lowest BCUT2D eigenvalue weighted by atomic mass is 10.1. The summed E-state index contributed by atoms with van der Waals surface area (Å²) in [6, 6.07) is 18.2. The van der Waals surface area contributed by atoms with Gasteiger partial charge >= 0.3 is 0 Å². The summed E-state index contributed by atoms with van der Waals surface area (Å²) in [7, 11) is 0. The zero-order valence-corrected chi connectivity index (χ0v) is 12.6. The second kappa shape index (κ2) is 7.81. The molecule has 0 saturated heterocycles. The van der Waals surface area contributed by atoms with Crippen molar-refractivity contribution in [2.45, 2.75) is 26.0 Å².